The molecule has 0 heterocycles. The van der Waals surface area contributed by atoms with Gasteiger partial charge in [0.2, 0.25) is 0 Å². The van der Waals surface area contributed by atoms with E-state index in [0.29, 0.717) is 24.3 Å². The van der Waals surface area contributed by atoms with Crippen LogP contribution < -0.4 is 9.47 Å². The number of para-hydroxylation sites is 2. The van der Waals surface area contributed by atoms with Crippen molar-refractivity contribution in [3.63, 3.8) is 0 Å². The molecule has 0 aliphatic carbocycles. The van der Waals surface area contributed by atoms with Crippen LogP contribution in [0.2, 0.25) is 0 Å². The average molecular weight is 755 g/mol. The van der Waals surface area contributed by atoms with Crippen LogP contribution in [0, 0.1) is 0 Å². The number of hydrogen-bond acceptors (Lipinski definition) is 4. The van der Waals surface area contributed by atoms with Crippen molar-refractivity contribution in [3.05, 3.63) is 24.3 Å². The van der Waals surface area contributed by atoms with E-state index in [9.17, 15) is 9.59 Å². The first-order chi connectivity index (χ1) is 26.7. The molecule has 0 saturated heterocycles. The van der Waals surface area contributed by atoms with E-state index in [-0.39, 0.29) is 11.9 Å². The number of ether oxygens (including phenoxy) is 2. The van der Waals surface area contributed by atoms with Crippen LogP contribution in [0.1, 0.15) is 271 Å². The molecule has 4 nitrogen and oxygen atoms in total. The Hall–Kier alpha value is -1.84. The highest BCUT2D eigenvalue weighted by molar-refractivity contribution is 5.76. The summed E-state index contributed by atoms with van der Waals surface area (Å²) in [6, 6.07) is 7.06. The van der Waals surface area contributed by atoms with Gasteiger partial charge in [-0.15, -0.1) is 0 Å². The maximum Gasteiger partial charge on any atom is 0.311 e. The molecule has 0 aliphatic rings. The van der Waals surface area contributed by atoms with Crippen molar-refractivity contribution >= 4 is 11.9 Å². The van der Waals surface area contributed by atoms with Crippen molar-refractivity contribution in [2.24, 2.45) is 0 Å². The molecule has 0 radical (unpaired) electrons. The van der Waals surface area contributed by atoms with Crippen molar-refractivity contribution in [2.45, 2.75) is 271 Å². The van der Waals surface area contributed by atoms with Gasteiger partial charge in [0.25, 0.3) is 0 Å². The number of carbonyl (C=O) groups excluding carboxylic acids is 2. The molecule has 0 spiro atoms. The van der Waals surface area contributed by atoms with E-state index in [1.807, 2.05) is 12.1 Å². The minimum absolute atomic E-state index is 0.246. The SMILES string of the molecule is CCCCCCCCCCCCCCCCCCCCCC(=O)Oc1ccccc1OC(=O)CCCCCCCCCCCCCCCCCCCCC. The van der Waals surface area contributed by atoms with Crippen LogP contribution in [-0.4, -0.2) is 11.9 Å². The molecule has 0 N–H and O–H groups in total. The van der Waals surface area contributed by atoms with E-state index in [0.717, 1.165) is 25.7 Å². The lowest BCUT2D eigenvalue weighted by atomic mass is 10.0. The lowest BCUT2D eigenvalue weighted by Crippen LogP contribution is -2.12. The Morgan fingerprint density at radius 1 is 0.315 bits per heavy atom. The van der Waals surface area contributed by atoms with Gasteiger partial charge in [-0.3, -0.25) is 9.59 Å². The number of benzene rings is 1. The Morgan fingerprint density at radius 2 is 0.500 bits per heavy atom. The quantitative estimate of drug-likeness (QED) is 0.0379. The van der Waals surface area contributed by atoms with E-state index >= 15 is 0 Å². The fourth-order valence-electron chi connectivity index (χ4n) is 7.66. The zero-order valence-corrected chi connectivity index (χ0v) is 36.2. The number of rotatable bonds is 42. The van der Waals surface area contributed by atoms with Gasteiger partial charge in [0.05, 0.1) is 0 Å². The van der Waals surface area contributed by atoms with Crippen molar-refractivity contribution < 1.29 is 19.1 Å². The van der Waals surface area contributed by atoms with E-state index in [2.05, 4.69) is 13.8 Å². The summed E-state index contributed by atoms with van der Waals surface area (Å²) in [4.78, 5) is 25.1. The van der Waals surface area contributed by atoms with E-state index in [1.165, 1.54) is 218 Å². The third kappa shape index (κ3) is 34.6. The first-order valence-corrected chi connectivity index (χ1v) is 24.2. The summed E-state index contributed by atoms with van der Waals surface area (Å²) in [6.45, 7) is 4.58. The molecule has 0 saturated carbocycles. The molecule has 4 heteroatoms. The molecule has 314 valence electrons. The number of esters is 2. The molecule has 0 atom stereocenters. The largest absolute Gasteiger partial charge is 0.423 e. The van der Waals surface area contributed by atoms with Gasteiger partial charge >= 0.3 is 11.9 Å². The molecule has 0 bridgehead atoms. The van der Waals surface area contributed by atoms with Gasteiger partial charge in [-0.1, -0.05) is 257 Å². The van der Waals surface area contributed by atoms with Gasteiger partial charge in [0.15, 0.2) is 11.5 Å². The third-order valence-corrected chi connectivity index (χ3v) is 11.3. The fourth-order valence-corrected chi connectivity index (χ4v) is 7.66. The molecule has 1 aromatic rings. The highest BCUT2D eigenvalue weighted by Gasteiger charge is 2.13. The standard InChI is InChI=1S/C50H90O4/c1-3-5-7-9-11-13-15-17-19-21-23-25-27-29-31-33-35-37-39-45-49(51)53-47-43-41-42-44-48(47)54-50(52)46-40-38-36-34-32-30-28-26-24-22-20-18-16-14-12-10-8-6-4-2/h41-44H,3-40,45-46H2,1-2H3. The molecule has 1 rings (SSSR count). The zero-order valence-electron chi connectivity index (χ0n) is 36.2. The Bertz CT molecular complexity index is 867. The zero-order chi connectivity index (χ0) is 38.8. The molecule has 54 heavy (non-hydrogen) atoms. The van der Waals surface area contributed by atoms with Crippen LogP contribution in [0.15, 0.2) is 24.3 Å². The Labute approximate surface area is 336 Å². The second kappa shape index (κ2) is 40.8. The van der Waals surface area contributed by atoms with Crippen LogP contribution in [0.5, 0.6) is 11.5 Å². The van der Waals surface area contributed by atoms with Crippen molar-refractivity contribution in [1.29, 1.82) is 0 Å². The van der Waals surface area contributed by atoms with Gasteiger partial charge in [-0.25, -0.2) is 0 Å². The molecule has 0 amide bonds. The van der Waals surface area contributed by atoms with Gasteiger partial charge in [0, 0.05) is 12.8 Å². The van der Waals surface area contributed by atoms with Crippen LogP contribution >= 0.6 is 0 Å². The average Bonchev–Trinajstić information content (AvgIpc) is 3.17. The Morgan fingerprint density at radius 3 is 0.704 bits per heavy atom. The van der Waals surface area contributed by atoms with Crippen molar-refractivity contribution in [3.8, 4) is 11.5 Å². The maximum atomic E-state index is 12.5. The lowest BCUT2D eigenvalue weighted by Gasteiger charge is -2.10. The second-order valence-electron chi connectivity index (χ2n) is 16.6. The smallest absolute Gasteiger partial charge is 0.311 e. The summed E-state index contributed by atoms with van der Waals surface area (Å²) in [5.74, 6) is 0.206. The summed E-state index contributed by atoms with van der Waals surface area (Å²) < 4.78 is 11.2. The normalized spacial score (nSPS) is 11.3. The molecular weight excluding hydrogens is 665 g/mol. The lowest BCUT2D eigenvalue weighted by molar-refractivity contribution is -0.137. The number of hydrogen-bond donors (Lipinski definition) is 0. The maximum absolute atomic E-state index is 12.5. The van der Waals surface area contributed by atoms with Crippen molar-refractivity contribution in [1.82, 2.24) is 0 Å². The first-order valence-electron chi connectivity index (χ1n) is 24.2. The molecule has 0 aliphatic heterocycles. The van der Waals surface area contributed by atoms with Gasteiger partial charge in [0.1, 0.15) is 0 Å². The predicted molar refractivity (Wildman–Crippen MR) is 234 cm³/mol. The first kappa shape index (κ1) is 50.2. The molecule has 1 aromatic carbocycles. The van der Waals surface area contributed by atoms with E-state index in [4.69, 9.17) is 9.47 Å². The van der Waals surface area contributed by atoms with Crippen molar-refractivity contribution in [2.75, 3.05) is 0 Å². The van der Waals surface area contributed by atoms with Gasteiger partial charge < -0.3 is 9.47 Å². The summed E-state index contributed by atoms with van der Waals surface area (Å²) >= 11 is 0. The molecule has 0 unspecified atom stereocenters. The summed E-state index contributed by atoms with van der Waals surface area (Å²) in [6.07, 6.45) is 51.5. The monoisotopic (exact) mass is 755 g/mol. The predicted octanol–water partition coefficient (Wildman–Crippen LogP) is 17.1. The minimum Gasteiger partial charge on any atom is -0.423 e. The highest BCUT2D eigenvalue weighted by atomic mass is 16.6. The summed E-state index contributed by atoms with van der Waals surface area (Å²) in [5, 5.41) is 0. The minimum atomic E-state index is -0.246. The fraction of sp³-hybridized carbons (Fsp3) is 0.840. The molecule has 0 aromatic heterocycles. The molecule has 0 fully saturated rings. The van der Waals surface area contributed by atoms with Gasteiger partial charge in [-0.2, -0.15) is 0 Å². The van der Waals surface area contributed by atoms with E-state index in [1.54, 1.807) is 12.1 Å². The Kier molecular flexibility index (Phi) is 37.9. The van der Waals surface area contributed by atoms with Crippen LogP contribution in [-0.2, 0) is 9.59 Å². The molecular formula is C50H90O4. The topological polar surface area (TPSA) is 52.6 Å². The summed E-state index contributed by atoms with van der Waals surface area (Å²) in [7, 11) is 0. The van der Waals surface area contributed by atoms with Crippen LogP contribution in [0.3, 0.4) is 0 Å². The number of unbranched alkanes of at least 4 members (excludes halogenated alkanes) is 36. The third-order valence-electron chi connectivity index (χ3n) is 11.3. The van der Waals surface area contributed by atoms with Crippen LogP contribution in [0.4, 0.5) is 0 Å². The highest BCUT2D eigenvalue weighted by Crippen LogP contribution is 2.28. The van der Waals surface area contributed by atoms with Gasteiger partial charge in [-0.05, 0) is 25.0 Å². The number of carbonyl (C=O) groups is 2. The van der Waals surface area contributed by atoms with Crippen LogP contribution in [0.25, 0.3) is 0 Å². The summed E-state index contributed by atoms with van der Waals surface area (Å²) in [5.41, 5.74) is 0. The van der Waals surface area contributed by atoms with E-state index < -0.39 is 0 Å². The second-order valence-corrected chi connectivity index (χ2v) is 16.6. The Balaban J connectivity index is 1.93.